The van der Waals surface area contributed by atoms with E-state index in [-0.39, 0.29) is 17.9 Å². The number of nitrogens with zero attached hydrogens (tertiary/aromatic N) is 2. The second kappa shape index (κ2) is 12.7. The number of nitrogens with one attached hydrogen (secondary N) is 1. The Morgan fingerprint density at radius 1 is 1.05 bits per heavy atom. The van der Waals surface area contributed by atoms with Gasteiger partial charge in [-0.2, -0.15) is 16.1 Å². The van der Waals surface area contributed by atoms with Crippen LogP contribution < -0.4 is 15.8 Å². The predicted molar refractivity (Wildman–Crippen MR) is 147 cm³/mol. The first-order chi connectivity index (χ1) is 18.7. The van der Waals surface area contributed by atoms with E-state index in [1.165, 1.54) is 31.4 Å². The lowest BCUT2D eigenvalue weighted by atomic mass is 10.0. The molecule has 0 radical (unpaired) electrons. The number of amides is 2. The summed E-state index contributed by atoms with van der Waals surface area (Å²) in [5.74, 6) is 0.885. The quantitative estimate of drug-likeness (QED) is 0.355. The first-order valence-electron chi connectivity index (χ1n) is 12.6. The van der Waals surface area contributed by atoms with Crippen LogP contribution in [-0.4, -0.2) is 85.9 Å². The molecule has 3 N–H and O–H groups in total. The van der Waals surface area contributed by atoms with Crippen LogP contribution >= 0.6 is 11.8 Å². The third kappa shape index (κ3) is 7.02. The fourth-order valence-electron chi connectivity index (χ4n) is 4.51. The van der Waals surface area contributed by atoms with E-state index in [2.05, 4.69) is 5.32 Å². The van der Waals surface area contributed by atoms with E-state index in [9.17, 15) is 22.8 Å². The Kier molecular flexibility index (Phi) is 9.36. The van der Waals surface area contributed by atoms with Gasteiger partial charge < -0.3 is 25.4 Å². The molecule has 0 unspecified atom stereocenters. The highest BCUT2D eigenvalue weighted by atomic mass is 32.2. The molecular weight excluding hydrogens is 544 g/mol. The molecule has 0 saturated carbocycles. The third-order valence-electron chi connectivity index (χ3n) is 6.63. The number of nitrogens with two attached hydrogens (primary N) is 1. The van der Waals surface area contributed by atoms with E-state index < -0.39 is 40.1 Å². The summed E-state index contributed by atoms with van der Waals surface area (Å²) in [5, 5.41) is 2.68. The number of methoxy groups -OCH3 is 1. The second-order valence-electron chi connectivity index (χ2n) is 9.24. The summed E-state index contributed by atoms with van der Waals surface area (Å²) < 4.78 is 37.9. The van der Waals surface area contributed by atoms with Crippen LogP contribution in [0.4, 0.5) is 10.5 Å². The van der Waals surface area contributed by atoms with E-state index in [1.54, 1.807) is 40.9 Å². The van der Waals surface area contributed by atoms with Crippen LogP contribution in [0.5, 0.6) is 5.75 Å². The first-order valence-corrected chi connectivity index (χ1v) is 15.2. The summed E-state index contributed by atoms with van der Waals surface area (Å²) in [4.78, 5) is 39.8. The van der Waals surface area contributed by atoms with Gasteiger partial charge in [0.1, 0.15) is 17.8 Å². The molecule has 0 aliphatic carbocycles. The molecule has 13 heteroatoms. The van der Waals surface area contributed by atoms with Gasteiger partial charge in [0.05, 0.1) is 12.0 Å². The van der Waals surface area contributed by atoms with Crippen molar-refractivity contribution in [3.05, 3.63) is 54.1 Å². The van der Waals surface area contributed by atoms with Crippen LogP contribution in [0.3, 0.4) is 0 Å². The molecule has 2 fully saturated rings. The van der Waals surface area contributed by atoms with E-state index in [1.807, 2.05) is 0 Å². The van der Waals surface area contributed by atoms with Gasteiger partial charge in [-0.05, 0) is 54.8 Å². The molecule has 2 aromatic rings. The molecule has 2 atom stereocenters. The van der Waals surface area contributed by atoms with Gasteiger partial charge in [-0.1, -0.05) is 12.1 Å². The topological polar surface area (TPSA) is 148 Å². The van der Waals surface area contributed by atoms with E-state index in [0.29, 0.717) is 42.9 Å². The van der Waals surface area contributed by atoms with Crippen molar-refractivity contribution in [2.24, 2.45) is 0 Å². The number of thioether (sulfide) groups is 1. The molecule has 2 amide bonds. The van der Waals surface area contributed by atoms with Crippen LogP contribution in [0.25, 0.3) is 0 Å². The maximum absolute atomic E-state index is 13.2. The van der Waals surface area contributed by atoms with Gasteiger partial charge in [0.15, 0.2) is 0 Å². The SMILES string of the molecule is COC(=O)[C@H](Cc1ccc(OC(=O)N2CCSCC2)cc1)NC(=O)[C@@H]1CCCN1S(=O)(=O)c1ccc(N)cc1. The average molecular weight is 577 g/mol. The number of hydrogen-bond donors (Lipinski definition) is 2. The van der Waals surface area contributed by atoms with E-state index >= 15 is 0 Å². The van der Waals surface area contributed by atoms with Gasteiger partial charge in [-0.25, -0.2) is 18.0 Å². The first kappa shape index (κ1) is 28.7. The zero-order valence-corrected chi connectivity index (χ0v) is 23.2. The van der Waals surface area contributed by atoms with Crippen LogP contribution in [0.2, 0.25) is 0 Å². The fourth-order valence-corrected chi connectivity index (χ4v) is 7.07. The van der Waals surface area contributed by atoms with Crippen molar-refractivity contribution in [2.75, 3.05) is 44.0 Å². The Bertz CT molecular complexity index is 1280. The van der Waals surface area contributed by atoms with Crippen molar-refractivity contribution in [2.45, 2.75) is 36.2 Å². The molecule has 39 heavy (non-hydrogen) atoms. The Morgan fingerprint density at radius 3 is 2.36 bits per heavy atom. The van der Waals surface area contributed by atoms with Gasteiger partial charge >= 0.3 is 12.1 Å². The second-order valence-corrected chi connectivity index (χ2v) is 12.4. The number of sulfonamides is 1. The highest BCUT2D eigenvalue weighted by Crippen LogP contribution is 2.27. The van der Waals surface area contributed by atoms with Crippen LogP contribution in [0.1, 0.15) is 18.4 Å². The zero-order chi connectivity index (χ0) is 28.0. The van der Waals surface area contributed by atoms with Crippen molar-refractivity contribution in [3.63, 3.8) is 0 Å². The summed E-state index contributed by atoms with van der Waals surface area (Å²) in [6.45, 7) is 1.47. The summed E-state index contributed by atoms with van der Waals surface area (Å²) in [6.07, 6.45) is 0.528. The van der Waals surface area contributed by atoms with Gasteiger partial charge in [0.25, 0.3) is 0 Å². The molecule has 0 aromatic heterocycles. The molecule has 2 aliphatic heterocycles. The van der Waals surface area contributed by atoms with E-state index in [4.69, 9.17) is 15.2 Å². The average Bonchev–Trinajstić information content (AvgIpc) is 3.45. The minimum atomic E-state index is -3.94. The Hall–Kier alpha value is -3.29. The molecule has 210 valence electrons. The number of carbonyl (C=O) groups is 3. The number of rotatable bonds is 8. The molecule has 2 heterocycles. The molecule has 2 aromatic carbocycles. The summed E-state index contributed by atoms with van der Waals surface area (Å²) in [5.41, 5.74) is 6.80. The highest BCUT2D eigenvalue weighted by molar-refractivity contribution is 7.99. The van der Waals surface area contributed by atoms with Crippen molar-refractivity contribution in [3.8, 4) is 5.75 Å². The number of carbonyl (C=O) groups excluding carboxylic acids is 3. The van der Waals surface area contributed by atoms with E-state index in [0.717, 1.165) is 15.8 Å². The molecule has 11 nitrogen and oxygen atoms in total. The lowest BCUT2D eigenvalue weighted by molar-refractivity contribution is -0.145. The standard InChI is InChI=1S/C26H32N4O7S2/c1-36-25(32)22(17-18-4-8-20(9-5-18)37-26(33)29-13-15-38-16-14-29)28-24(31)23-3-2-12-30(23)39(34,35)21-10-6-19(27)7-11-21/h4-11,22-23H,2-3,12-17,27H2,1H3,(H,28,31)/t22-,23-/m0/s1. The van der Waals surface area contributed by atoms with Gasteiger partial charge in [-0.3, -0.25) is 4.79 Å². The fraction of sp³-hybridized carbons (Fsp3) is 0.423. The van der Waals surface area contributed by atoms with Gasteiger partial charge in [-0.15, -0.1) is 0 Å². The lowest BCUT2D eigenvalue weighted by Gasteiger charge is -2.26. The van der Waals surface area contributed by atoms with Crippen molar-refractivity contribution < 1.29 is 32.3 Å². The van der Waals surface area contributed by atoms with Crippen molar-refractivity contribution >= 4 is 45.4 Å². The largest absolute Gasteiger partial charge is 0.467 e. The van der Waals surface area contributed by atoms with Crippen molar-refractivity contribution in [1.29, 1.82) is 0 Å². The Balaban J connectivity index is 1.41. The minimum Gasteiger partial charge on any atom is -0.467 e. The molecule has 2 aliphatic rings. The molecule has 2 saturated heterocycles. The lowest BCUT2D eigenvalue weighted by Crippen LogP contribution is -2.51. The number of esters is 1. The number of nitrogen functional groups attached to an aromatic ring is 1. The zero-order valence-electron chi connectivity index (χ0n) is 21.6. The monoisotopic (exact) mass is 576 g/mol. The summed E-state index contributed by atoms with van der Waals surface area (Å²) in [7, 11) is -2.72. The number of benzene rings is 2. The molecule has 0 spiro atoms. The Morgan fingerprint density at radius 2 is 1.72 bits per heavy atom. The summed E-state index contributed by atoms with van der Waals surface area (Å²) >= 11 is 1.79. The minimum absolute atomic E-state index is 0.0425. The van der Waals surface area contributed by atoms with Gasteiger partial charge in [0.2, 0.25) is 15.9 Å². The van der Waals surface area contributed by atoms with Crippen LogP contribution in [-0.2, 0) is 30.8 Å². The number of ether oxygens (including phenoxy) is 2. The maximum atomic E-state index is 13.2. The van der Waals surface area contributed by atoms with Gasteiger partial charge in [0, 0.05) is 43.2 Å². The van der Waals surface area contributed by atoms with Crippen LogP contribution in [0, 0.1) is 0 Å². The normalized spacial score (nSPS) is 18.8. The number of anilines is 1. The molecule has 0 bridgehead atoms. The smallest absolute Gasteiger partial charge is 0.415 e. The summed E-state index contributed by atoms with van der Waals surface area (Å²) in [6, 6.07) is 10.4. The number of hydrogen-bond acceptors (Lipinski definition) is 9. The van der Waals surface area contributed by atoms with Crippen LogP contribution in [0.15, 0.2) is 53.4 Å². The highest BCUT2D eigenvalue weighted by Gasteiger charge is 2.40. The molecule has 4 rings (SSSR count). The van der Waals surface area contributed by atoms with Crippen molar-refractivity contribution in [1.82, 2.24) is 14.5 Å². The third-order valence-corrected chi connectivity index (χ3v) is 9.50. The molecular formula is C26H32N4O7S2. The Labute approximate surface area is 232 Å². The predicted octanol–water partition coefficient (Wildman–Crippen LogP) is 1.87. The maximum Gasteiger partial charge on any atom is 0.415 e.